The van der Waals surface area contributed by atoms with Gasteiger partial charge >= 0.3 is 0 Å². The van der Waals surface area contributed by atoms with Crippen LogP contribution in [0, 0.1) is 17.1 Å². The first kappa shape index (κ1) is 12.8. The third-order valence-corrected chi connectivity index (χ3v) is 2.65. The summed E-state index contributed by atoms with van der Waals surface area (Å²) < 4.78 is 12.7. The molecule has 0 amide bonds. The van der Waals surface area contributed by atoms with E-state index in [-0.39, 0.29) is 5.82 Å². The van der Waals surface area contributed by atoms with Crippen LogP contribution >= 0.6 is 0 Å². The van der Waals surface area contributed by atoms with Crippen molar-refractivity contribution in [2.45, 2.75) is 6.42 Å². The molecule has 4 nitrogen and oxygen atoms in total. The molecule has 96 valence electrons. The highest BCUT2D eigenvalue weighted by atomic mass is 19.1. The van der Waals surface area contributed by atoms with Crippen LogP contribution in [0.4, 0.5) is 15.9 Å². The number of pyridine rings is 1. The van der Waals surface area contributed by atoms with Gasteiger partial charge in [0.2, 0.25) is 0 Å². The summed E-state index contributed by atoms with van der Waals surface area (Å²) in [7, 11) is 0. The van der Waals surface area contributed by atoms with Crippen LogP contribution in [-0.2, 0) is 6.42 Å². The molecule has 5 heteroatoms. The van der Waals surface area contributed by atoms with Crippen molar-refractivity contribution in [3.8, 4) is 6.07 Å². The summed E-state index contributed by atoms with van der Waals surface area (Å²) in [4.78, 5) is 4.08. The van der Waals surface area contributed by atoms with Gasteiger partial charge in [-0.25, -0.2) is 9.37 Å². The van der Waals surface area contributed by atoms with Crippen LogP contribution in [0.15, 0.2) is 36.5 Å². The minimum absolute atomic E-state index is 0.247. The molecule has 0 aliphatic heterocycles. The lowest BCUT2D eigenvalue weighted by atomic mass is 10.1. The van der Waals surface area contributed by atoms with Gasteiger partial charge in [-0.05, 0) is 30.2 Å². The maximum absolute atomic E-state index is 12.7. The third kappa shape index (κ3) is 3.42. The van der Waals surface area contributed by atoms with E-state index in [1.54, 1.807) is 18.2 Å². The molecule has 0 aliphatic carbocycles. The lowest BCUT2D eigenvalue weighted by Crippen LogP contribution is -2.08. The highest BCUT2D eigenvalue weighted by molar-refractivity contribution is 5.57. The second-order valence-corrected chi connectivity index (χ2v) is 4.08. The van der Waals surface area contributed by atoms with Crippen molar-refractivity contribution in [3.63, 3.8) is 0 Å². The van der Waals surface area contributed by atoms with E-state index in [4.69, 9.17) is 11.0 Å². The molecule has 0 bridgehead atoms. The van der Waals surface area contributed by atoms with E-state index in [0.29, 0.717) is 23.6 Å². The zero-order chi connectivity index (χ0) is 13.7. The van der Waals surface area contributed by atoms with Gasteiger partial charge in [0.1, 0.15) is 17.7 Å². The van der Waals surface area contributed by atoms with Gasteiger partial charge in [-0.1, -0.05) is 12.1 Å². The number of nitriles is 1. The maximum Gasteiger partial charge on any atom is 0.144 e. The van der Waals surface area contributed by atoms with Crippen LogP contribution in [0.25, 0.3) is 0 Å². The van der Waals surface area contributed by atoms with Gasteiger partial charge < -0.3 is 11.1 Å². The average molecular weight is 256 g/mol. The molecular formula is C14H13FN4. The van der Waals surface area contributed by atoms with Crippen molar-refractivity contribution in [1.82, 2.24) is 4.98 Å². The van der Waals surface area contributed by atoms with Crippen molar-refractivity contribution < 1.29 is 4.39 Å². The molecule has 0 radical (unpaired) electrons. The van der Waals surface area contributed by atoms with E-state index in [9.17, 15) is 4.39 Å². The number of nitrogens with two attached hydrogens (primary N) is 1. The maximum atomic E-state index is 12.7. The minimum Gasteiger partial charge on any atom is -0.397 e. The summed E-state index contributed by atoms with van der Waals surface area (Å²) in [5, 5.41) is 12.0. The van der Waals surface area contributed by atoms with Crippen LogP contribution in [-0.4, -0.2) is 11.5 Å². The molecule has 0 unspecified atom stereocenters. The number of anilines is 2. The van der Waals surface area contributed by atoms with Crippen LogP contribution in [0.1, 0.15) is 11.1 Å². The highest BCUT2D eigenvalue weighted by Crippen LogP contribution is 2.14. The Morgan fingerprint density at radius 2 is 2.05 bits per heavy atom. The van der Waals surface area contributed by atoms with Gasteiger partial charge in [-0.15, -0.1) is 0 Å². The quantitative estimate of drug-likeness (QED) is 0.880. The number of rotatable bonds is 4. The molecule has 2 aromatic rings. The number of nitrogen functional groups attached to an aromatic ring is 1. The molecular weight excluding hydrogens is 243 g/mol. The molecule has 0 spiro atoms. The van der Waals surface area contributed by atoms with Gasteiger partial charge in [-0.3, -0.25) is 0 Å². The Bertz CT molecular complexity index is 602. The van der Waals surface area contributed by atoms with E-state index in [2.05, 4.69) is 10.3 Å². The Morgan fingerprint density at radius 1 is 1.32 bits per heavy atom. The number of nitrogens with one attached hydrogen (secondary N) is 1. The van der Waals surface area contributed by atoms with E-state index in [1.807, 2.05) is 6.07 Å². The fourth-order valence-electron chi connectivity index (χ4n) is 1.68. The lowest BCUT2D eigenvalue weighted by Gasteiger charge is -2.07. The average Bonchev–Trinajstić information content (AvgIpc) is 2.42. The molecule has 19 heavy (non-hydrogen) atoms. The Kier molecular flexibility index (Phi) is 3.94. The summed E-state index contributed by atoms with van der Waals surface area (Å²) in [6.45, 7) is 0.608. The second-order valence-electron chi connectivity index (χ2n) is 4.08. The van der Waals surface area contributed by atoms with E-state index < -0.39 is 0 Å². The first-order chi connectivity index (χ1) is 9.19. The standard InChI is InChI=1S/C14H13FN4/c15-12-3-1-10(2-4-12)5-6-18-14-11(8-16)7-13(17)9-19-14/h1-4,7,9H,5-6,17H2,(H,18,19). The molecule has 0 saturated carbocycles. The SMILES string of the molecule is N#Cc1cc(N)cnc1NCCc1ccc(F)cc1. The van der Waals surface area contributed by atoms with Crippen molar-refractivity contribution in [2.24, 2.45) is 0 Å². The van der Waals surface area contributed by atoms with E-state index in [1.165, 1.54) is 18.3 Å². The molecule has 0 aliphatic rings. The normalized spacial score (nSPS) is 9.89. The third-order valence-electron chi connectivity index (χ3n) is 2.65. The largest absolute Gasteiger partial charge is 0.397 e. The van der Waals surface area contributed by atoms with Gasteiger partial charge in [-0.2, -0.15) is 5.26 Å². The number of aromatic nitrogens is 1. The molecule has 0 atom stereocenters. The van der Waals surface area contributed by atoms with Crippen molar-refractivity contribution in [3.05, 3.63) is 53.5 Å². The monoisotopic (exact) mass is 256 g/mol. The number of hydrogen-bond acceptors (Lipinski definition) is 4. The molecule has 3 N–H and O–H groups in total. The molecule has 1 aromatic carbocycles. The Balaban J connectivity index is 1.96. The summed E-state index contributed by atoms with van der Waals surface area (Å²) in [5.74, 6) is 0.266. The summed E-state index contributed by atoms with van der Waals surface area (Å²) in [5.41, 5.74) is 7.45. The topological polar surface area (TPSA) is 74.7 Å². The molecule has 0 fully saturated rings. The number of benzene rings is 1. The fraction of sp³-hybridized carbons (Fsp3) is 0.143. The van der Waals surface area contributed by atoms with Crippen LogP contribution in [0.2, 0.25) is 0 Å². The minimum atomic E-state index is -0.247. The zero-order valence-electron chi connectivity index (χ0n) is 10.2. The Hall–Kier alpha value is -2.61. The summed E-state index contributed by atoms with van der Waals surface area (Å²) >= 11 is 0. The van der Waals surface area contributed by atoms with E-state index in [0.717, 1.165) is 12.0 Å². The summed E-state index contributed by atoms with van der Waals surface area (Å²) in [6.07, 6.45) is 2.22. The van der Waals surface area contributed by atoms with Crippen molar-refractivity contribution in [1.29, 1.82) is 5.26 Å². The van der Waals surface area contributed by atoms with Crippen molar-refractivity contribution >= 4 is 11.5 Å². The molecule has 0 saturated heterocycles. The predicted molar refractivity (Wildman–Crippen MR) is 72.0 cm³/mol. The van der Waals surface area contributed by atoms with Gasteiger partial charge in [0.05, 0.1) is 17.4 Å². The molecule has 2 rings (SSSR count). The van der Waals surface area contributed by atoms with Gasteiger partial charge in [0.15, 0.2) is 0 Å². The highest BCUT2D eigenvalue weighted by Gasteiger charge is 2.03. The Labute approximate surface area is 110 Å². The zero-order valence-corrected chi connectivity index (χ0v) is 10.2. The molecule has 1 aromatic heterocycles. The summed E-state index contributed by atoms with van der Waals surface area (Å²) in [6, 6.07) is 9.94. The number of hydrogen-bond donors (Lipinski definition) is 2. The van der Waals surface area contributed by atoms with Gasteiger partial charge in [0.25, 0.3) is 0 Å². The molecule has 1 heterocycles. The Morgan fingerprint density at radius 3 is 2.74 bits per heavy atom. The fourth-order valence-corrected chi connectivity index (χ4v) is 1.68. The smallest absolute Gasteiger partial charge is 0.144 e. The predicted octanol–water partition coefficient (Wildman–Crippen LogP) is 2.33. The van der Waals surface area contributed by atoms with Crippen LogP contribution in [0.5, 0.6) is 0 Å². The van der Waals surface area contributed by atoms with Crippen LogP contribution in [0.3, 0.4) is 0 Å². The lowest BCUT2D eigenvalue weighted by molar-refractivity contribution is 0.627. The number of nitrogens with zero attached hydrogens (tertiary/aromatic N) is 2. The second kappa shape index (κ2) is 5.83. The van der Waals surface area contributed by atoms with Crippen LogP contribution < -0.4 is 11.1 Å². The van der Waals surface area contributed by atoms with E-state index >= 15 is 0 Å². The first-order valence-corrected chi connectivity index (χ1v) is 5.83. The first-order valence-electron chi connectivity index (χ1n) is 5.83. The number of halogens is 1. The van der Waals surface area contributed by atoms with Gasteiger partial charge in [0, 0.05) is 6.54 Å². The van der Waals surface area contributed by atoms with Crippen molar-refractivity contribution in [2.75, 3.05) is 17.6 Å².